The Kier molecular flexibility index (Phi) is 2.61. The van der Waals surface area contributed by atoms with E-state index in [1.807, 2.05) is 0 Å². The summed E-state index contributed by atoms with van der Waals surface area (Å²) in [4.78, 5) is 23.1. The molecule has 0 aromatic carbocycles. The van der Waals surface area contributed by atoms with Crippen molar-refractivity contribution >= 4 is 11.8 Å². The average molecular weight is 210 g/mol. The molecule has 0 aromatic heterocycles. The quantitative estimate of drug-likeness (QED) is 0.530. The van der Waals surface area contributed by atoms with Gasteiger partial charge in [0.1, 0.15) is 5.92 Å². The summed E-state index contributed by atoms with van der Waals surface area (Å²) in [6.45, 7) is 1.97. The predicted molar refractivity (Wildman–Crippen MR) is 51.9 cm³/mol. The van der Waals surface area contributed by atoms with Crippen LogP contribution in [0.4, 0.5) is 0 Å². The Hall–Kier alpha value is -1.16. The van der Waals surface area contributed by atoms with Gasteiger partial charge >= 0.3 is 5.97 Å². The number of allylic oxidation sites excluding steroid dienone is 1. The lowest BCUT2D eigenvalue weighted by molar-refractivity contribution is -0.152. The van der Waals surface area contributed by atoms with Crippen molar-refractivity contribution < 1.29 is 19.4 Å². The molecule has 0 heterocycles. The number of aliphatic hydroxyl groups is 1. The number of rotatable bonds is 2. The Balaban J connectivity index is 2.19. The maximum absolute atomic E-state index is 11.6. The zero-order valence-corrected chi connectivity index (χ0v) is 8.60. The SMILES string of the molecule is CCOC(=O)[C@H]1C(=O)C=C2CC[C@@H](O)[C@@H]21. The van der Waals surface area contributed by atoms with Crippen LogP contribution in [0.1, 0.15) is 19.8 Å². The van der Waals surface area contributed by atoms with Crippen LogP contribution < -0.4 is 0 Å². The highest BCUT2D eigenvalue weighted by atomic mass is 16.5. The van der Waals surface area contributed by atoms with Gasteiger partial charge in [-0.3, -0.25) is 9.59 Å². The first-order valence-electron chi connectivity index (χ1n) is 5.24. The van der Waals surface area contributed by atoms with Crippen LogP contribution in [0.5, 0.6) is 0 Å². The molecule has 0 saturated heterocycles. The van der Waals surface area contributed by atoms with Crippen molar-refractivity contribution in [2.45, 2.75) is 25.9 Å². The highest BCUT2D eigenvalue weighted by Gasteiger charge is 2.48. The molecule has 0 unspecified atom stereocenters. The lowest BCUT2D eigenvalue weighted by Gasteiger charge is -2.18. The minimum atomic E-state index is -0.794. The van der Waals surface area contributed by atoms with Crippen LogP contribution in [0.2, 0.25) is 0 Å². The zero-order valence-electron chi connectivity index (χ0n) is 8.60. The van der Waals surface area contributed by atoms with Gasteiger partial charge in [-0.25, -0.2) is 0 Å². The normalized spacial score (nSPS) is 33.9. The first-order chi connectivity index (χ1) is 7.15. The standard InChI is InChI=1S/C11H14O4/c1-2-15-11(14)10-8(13)5-6-3-4-7(12)9(6)10/h5,7,9-10,12H,2-4H2,1H3/t7-,9-,10+/m1/s1. The zero-order chi connectivity index (χ0) is 11.0. The maximum Gasteiger partial charge on any atom is 0.317 e. The lowest BCUT2D eigenvalue weighted by Crippen LogP contribution is -2.32. The minimum absolute atomic E-state index is 0.216. The van der Waals surface area contributed by atoms with E-state index in [9.17, 15) is 14.7 Å². The van der Waals surface area contributed by atoms with Gasteiger partial charge in [0.25, 0.3) is 0 Å². The topological polar surface area (TPSA) is 63.6 Å². The molecule has 2 aliphatic rings. The summed E-state index contributed by atoms with van der Waals surface area (Å²) in [5, 5.41) is 9.70. The Morgan fingerprint density at radius 1 is 1.67 bits per heavy atom. The average Bonchev–Trinajstić information content (AvgIpc) is 2.67. The van der Waals surface area contributed by atoms with Gasteiger partial charge in [-0.1, -0.05) is 5.57 Å². The molecule has 2 aliphatic carbocycles. The van der Waals surface area contributed by atoms with Crippen LogP contribution >= 0.6 is 0 Å². The third-order valence-electron chi connectivity index (χ3n) is 3.11. The van der Waals surface area contributed by atoms with E-state index in [4.69, 9.17) is 4.74 Å². The Morgan fingerprint density at radius 3 is 3.07 bits per heavy atom. The van der Waals surface area contributed by atoms with Crippen molar-refractivity contribution in [1.29, 1.82) is 0 Å². The highest BCUT2D eigenvalue weighted by molar-refractivity contribution is 6.08. The molecule has 2 rings (SSSR count). The number of esters is 1. The fourth-order valence-corrected chi connectivity index (χ4v) is 2.46. The van der Waals surface area contributed by atoms with E-state index in [2.05, 4.69) is 0 Å². The van der Waals surface area contributed by atoms with Crippen LogP contribution in [0.3, 0.4) is 0 Å². The van der Waals surface area contributed by atoms with Gasteiger partial charge in [-0.05, 0) is 25.8 Å². The monoisotopic (exact) mass is 210 g/mol. The smallest absolute Gasteiger partial charge is 0.317 e. The fraction of sp³-hybridized carbons (Fsp3) is 0.636. The second kappa shape index (κ2) is 3.77. The second-order valence-electron chi connectivity index (χ2n) is 3.98. The number of aliphatic hydroxyl groups excluding tert-OH is 1. The van der Waals surface area contributed by atoms with Crippen LogP contribution in [0, 0.1) is 11.8 Å². The number of ketones is 1. The maximum atomic E-state index is 11.6. The van der Waals surface area contributed by atoms with E-state index in [1.54, 1.807) is 6.92 Å². The van der Waals surface area contributed by atoms with E-state index in [-0.39, 0.29) is 18.3 Å². The Morgan fingerprint density at radius 2 is 2.40 bits per heavy atom. The summed E-state index contributed by atoms with van der Waals surface area (Å²) in [6, 6.07) is 0. The Labute approximate surface area is 87.9 Å². The van der Waals surface area contributed by atoms with Gasteiger partial charge in [0, 0.05) is 5.92 Å². The van der Waals surface area contributed by atoms with Gasteiger partial charge in [-0.15, -0.1) is 0 Å². The van der Waals surface area contributed by atoms with Crippen LogP contribution in [-0.4, -0.2) is 29.6 Å². The second-order valence-corrected chi connectivity index (χ2v) is 3.98. The summed E-state index contributed by atoms with van der Waals surface area (Å²) in [7, 11) is 0. The third kappa shape index (κ3) is 1.59. The van der Waals surface area contributed by atoms with Gasteiger partial charge in [0.2, 0.25) is 0 Å². The fourth-order valence-electron chi connectivity index (χ4n) is 2.46. The van der Waals surface area contributed by atoms with Crippen molar-refractivity contribution in [3.05, 3.63) is 11.6 Å². The molecule has 1 fully saturated rings. The van der Waals surface area contributed by atoms with Gasteiger partial charge in [0.15, 0.2) is 5.78 Å². The van der Waals surface area contributed by atoms with Crippen molar-refractivity contribution in [1.82, 2.24) is 0 Å². The van der Waals surface area contributed by atoms with E-state index >= 15 is 0 Å². The molecule has 4 nitrogen and oxygen atoms in total. The number of carbonyl (C=O) groups excluding carboxylic acids is 2. The minimum Gasteiger partial charge on any atom is -0.465 e. The molecular formula is C11H14O4. The van der Waals surface area contributed by atoms with Crippen LogP contribution in [-0.2, 0) is 14.3 Å². The third-order valence-corrected chi connectivity index (χ3v) is 3.11. The van der Waals surface area contributed by atoms with Crippen molar-refractivity contribution in [3.8, 4) is 0 Å². The molecule has 1 N–H and O–H groups in total. The predicted octanol–water partition coefficient (Wildman–Crippen LogP) is 0.446. The van der Waals surface area contributed by atoms with E-state index in [0.717, 1.165) is 5.57 Å². The lowest BCUT2D eigenvalue weighted by atomic mass is 9.90. The van der Waals surface area contributed by atoms with Crippen molar-refractivity contribution in [2.24, 2.45) is 11.8 Å². The summed E-state index contributed by atoms with van der Waals surface area (Å²) >= 11 is 0. The Bertz CT molecular complexity index is 331. The molecule has 0 radical (unpaired) electrons. The molecule has 15 heavy (non-hydrogen) atoms. The first kappa shape index (κ1) is 10.4. The number of carbonyl (C=O) groups is 2. The first-order valence-corrected chi connectivity index (χ1v) is 5.24. The van der Waals surface area contributed by atoms with Crippen molar-refractivity contribution in [2.75, 3.05) is 6.61 Å². The number of ether oxygens (including phenoxy) is 1. The molecule has 82 valence electrons. The summed E-state index contributed by atoms with van der Waals surface area (Å²) in [6.07, 6.45) is 2.28. The molecule has 1 saturated carbocycles. The summed E-state index contributed by atoms with van der Waals surface area (Å²) in [5.74, 6) is -1.83. The molecule has 3 atom stereocenters. The molecule has 0 spiro atoms. The van der Waals surface area contributed by atoms with E-state index < -0.39 is 18.0 Å². The van der Waals surface area contributed by atoms with Crippen molar-refractivity contribution in [3.63, 3.8) is 0 Å². The number of hydrogen-bond donors (Lipinski definition) is 1. The van der Waals surface area contributed by atoms with Gasteiger partial charge in [-0.2, -0.15) is 0 Å². The summed E-state index contributed by atoms with van der Waals surface area (Å²) < 4.78 is 4.85. The molecular weight excluding hydrogens is 196 g/mol. The molecule has 4 heteroatoms. The highest BCUT2D eigenvalue weighted by Crippen LogP contribution is 2.42. The number of hydrogen-bond acceptors (Lipinski definition) is 4. The van der Waals surface area contributed by atoms with E-state index in [1.165, 1.54) is 6.08 Å². The number of fused-ring (bicyclic) bond motifs is 1. The van der Waals surface area contributed by atoms with E-state index in [0.29, 0.717) is 12.8 Å². The molecule has 0 bridgehead atoms. The molecule has 0 aliphatic heterocycles. The van der Waals surface area contributed by atoms with Crippen LogP contribution in [0.25, 0.3) is 0 Å². The van der Waals surface area contributed by atoms with Gasteiger partial charge in [0.05, 0.1) is 12.7 Å². The molecule has 0 aromatic rings. The largest absolute Gasteiger partial charge is 0.465 e. The molecule has 0 amide bonds. The van der Waals surface area contributed by atoms with Gasteiger partial charge < -0.3 is 9.84 Å². The summed E-state index contributed by atoms with van der Waals surface area (Å²) in [5.41, 5.74) is 0.908. The van der Waals surface area contributed by atoms with Crippen LogP contribution in [0.15, 0.2) is 11.6 Å².